The van der Waals surface area contributed by atoms with E-state index in [1.807, 2.05) is 24.3 Å². The van der Waals surface area contributed by atoms with Crippen LogP contribution in [-0.2, 0) is 6.61 Å². The van der Waals surface area contributed by atoms with Crippen molar-refractivity contribution >= 4 is 79.9 Å². The Morgan fingerprint density at radius 3 is 2.43 bits per heavy atom. The molecule has 0 atom stereocenters. The molecule has 0 heterocycles. The SMILES string of the molecule is COc1cc(C(=O)N/N=C\c2ccc(OCc3ccc(I)cc3)c(I)c2)ccc1I. The summed E-state index contributed by atoms with van der Waals surface area (Å²) in [6.07, 6.45) is 1.60. The summed E-state index contributed by atoms with van der Waals surface area (Å²) in [5.41, 5.74) is 5.01. The summed E-state index contributed by atoms with van der Waals surface area (Å²) >= 11 is 6.67. The third-order valence-corrected chi connectivity index (χ3v) is 6.51. The molecule has 0 aliphatic carbocycles. The standard InChI is InChI=1S/C22H17I3N2O3/c1-29-21-11-16(5-8-18(21)24)22(28)27-26-12-15-4-9-20(19(25)10-15)30-13-14-2-6-17(23)7-3-14/h2-12H,13H2,1H3,(H,27,28)/b26-12-. The molecule has 0 fully saturated rings. The molecule has 0 aliphatic heterocycles. The van der Waals surface area contributed by atoms with E-state index < -0.39 is 0 Å². The lowest BCUT2D eigenvalue weighted by Gasteiger charge is -2.09. The predicted octanol–water partition coefficient (Wildman–Crippen LogP) is 5.85. The topological polar surface area (TPSA) is 59.9 Å². The Balaban J connectivity index is 1.58. The molecule has 0 aliphatic rings. The molecule has 0 aromatic heterocycles. The minimum Gasteiger partial charge on any atom is -0.496 e. The van der Waals surface area contributed by atoms with Gasteiger partial charge in [-0.25, -0.2) is 5.43 Å². The first kappa shape index (κ1) is 23.3. The number of benzene rings is 3. The summed E-state index contributed by atoms with van der Waals surface area (Å²) in [5, 5.41) is 4.06. The van der Waals surface area contributed by atoms with Crippen LogP contribution in [0, 0.1) is 10.7 Å². The summed E-state index contributed by atoms with van der Waals surface area (Å²) in [4.78, 5) is 12.3. The van der Waals surface area contributed by atoms with Crippen molar-refractivity contribution < 1.29 is 14.3 Å². The fraction of sp³-hybridized carbons (Fsp3) is 0.0909. The minimum absolute atomic E-state index is 0.298. The summed E-state index contributed by atoms with van der Waals surface area (Å²) in [7, 11) is 1.58. The zero-order chi connectivity index (χ0) is 21.5. The number of hydrazone groups is 1. The number of rotatable bonds is 7. The van der Waals surface area contributed by atoms with Crippen LogP contribution in [0.2, 0.25) is 0 Å². The van der Waals surface area contributed by atoms with Crippen molar-refractivity contribution in [2.24, 2.45) is 5.10 Å². The lowest BCUT2D eigenvalue weighted by atomic mass is 10.2. The van der Waals surface area contributed by atoms with Crippen LogP contribution in [0.15, 0.2) is 65.8 Å². The van der Waals surface area contributed by atoms with Crippen molar-refractivity contribution in [3.8, 4) is 11.5 Å². The number of nitrogens with one attached hydrogen (secondary N) is 1. The van der Waals surface area contributed by atoms with Gasteiger partial charge in [-0.1, -0.05) is 12.1 Å². The Morgan fingerprint density at radius 1 is 0.967 bits per heavy atom. The number of hydrogen-bond donors (Lipinski definition) is 1. The van der Waals surface area contributed by atoms with Gasteiger partial charge in [0.15, 0.2) is 0 Å². The molecule has 154 valence electrons. The van der Waals surface area contributed by atoms with Crippen LogP contribution in [0.4, 0.5) is 0 Å². The van der Waals surface area contributed by atoms with E-state index in [-0.39, 0.29) is 5.91 Å². The highest BCUT2D eigenvalue weighted by molar-refractivity contribution is 14.1. The number of ether oxygens (including phenoxy) is 2. The van der Waals surface area contributed by atoms with Crippen LogP contribution in [-0.4, -0.2) is 19.2 Å². The smallest absolute Gasteiger partial charge is 0.271 e. The molecule has 1 N–H and O–H groups in total. The van der Waals surface area contributed by atoms with Gasteiger partial charge < -0.3 is 9.47 Å². The molecule has 0 saturated carbocycles. The van der Waals surface area contributed by atoms with E-state index in [1.165, 1.54) is 3.57 Å². The van der Waals surface area contributed by atoms with Crippen molar-refractivity contribution in [2.75, 3.05) is 7.11 Å². The van der Waals surface area contributed by atoms with Crippen molar-refractivity contribution in [2.45, 2.75) is 6.61 Å². The van der Waals surface area contributed by atoms with Gasteiger partial charge in [0.25, 0.3) is 5.91 Å². The first-order valence-electron chi connectivity index (χ1n) is 8.80. The highest BCUT2D eigenvalue weighted by Crippen LogP contribution is 2.23. The molecule has 5 nitrogen and oxygen atoms in total. The second-order valence-electron chi connectivity index (χ2n) is 6.15. The zero-order valence-corrected chi connectivity index (χ0v) is 22.3. The second kappa shape index (κ2) is 11.3. The summed E-state index contributed by atoms with van der Waals surface area (Å²) in [5.74, 6) is 1.16. The number of carbonyl (C=O) groups excluding carboxylic acids is 1. The van der Waals surface area contributed by atoms with Crippen molar-refractivity contribution in [3.63, 3.8) is 0 Å². The van der Waals surface area contributed by atoms with Gasteiger partial charge in [0, 0.05) is 9.13 Å². The Hall–Kier alpha value is -1.41. The molecule has 3 aromatic carbocycles. The van der Waals surface area contributed by atoms with Gasteiger partial charge in [-0.05, 0) is 127 Å². The molecule has 0 radical (unpaired) electrons. The maximum absolute atomic E-state index is 12.3. The van der Waals surface area contributed by atoms with E-state index in [2.05, 4.69) is 103 Å². The summed E-state index contributed by atoms with van der Waals surface area (Å²) < 4.78 is 14.3. The van der Waals surface area contributed by atoms with E-state index in [4.69, 9.17) is 9.47 Å². The van der Waals surface area contributed by atoms with E-state index in [1.54, 1.807) is 25.5 Å². The van der Waals surface area contributed by atoms with Crippen molar-refractivity contribution in [1.29, 1.82) is 0 Å². The monoisotopic (exact) mass is 738 g/mol. The Labute approximate surface area is 216 Å². The van der Waals surface area contributed by atoms with Crippen LogP contribution in [0.3, 0.4) is 0 Å². The molecule has 0 spiro atoms. The van der Waals surface area contributed by atoms with Gasteiger partial charge in [-0.3, -0.25) is 4.79 Å². The second-order valence-corrected chi connectivity index (χ2v) is 9.72. The summed E-state index contributed by atoms with van der Waals surface area (Å²) in [6.45, 7) is 0.510. The number of amides is 1. The number of carbonyl (C=O) groups is 1. The normalized spacial score (nSPS) is 10.8. The van der Waals surface area contributed by atoms with E-state index in [0.29, 0.717) is 17.9 Å². The molecule has 0 unspecified atom stereocenters. The minimum atomic E-state index is -0.298. The first-order valence-corrected chi connectivity index (χ1v) is 12.0. The largest absolute Gasteiger partial charge is 0.496 e. The third kappa shape index (κ3) is 6.54. The maximum Gasteiger partial charge on any atom is 0.271 e. The van der Waals surface area contributed by atoms with Gasteiger partial charge in [0.05, 0.1) is 20.5 Å². The van der Waals surface area contributed by atoms with Crippen LogP contribution in [0.5, 0.6) is 11.5 Å². The van der Waals surface area contributed by atoms with Crippen molar-refractivity contribution in [1.82, 2.24) is 5.43 Å². The Morgan fingerprint density at radius 2 is 1.73 bits per heavy atom. The highest BCUT2D eigenvalue weighted by atomic mass is 127. The van der Waals surface area contributed by atoms with E-state index >= 15 is 0 Å². The molecule has 3 rings (SSSR count). The van der Waals surface area contributed by atoms with Gasteiger partial charge in [0.2, 0.25) is 0 Å². The van der Waals surface area contributed by atoms with Crippen molar-refractivity contribution in [3.05, 3.63) is 88.1 Å². The fourth-order valence-electron chi connectivity index (χ4n) is 2.49. The molecule has 0 saturated heterocycles. The molecule has 3 aromatic rings. The van der Waals surface area contributed by atoms with Gasteiger partial charge in [-0.2, -0.15) is 5.10 Å². The number of nitrogens with zero attached hydrogens (tertiary/aromatic N) is 1. The molecule has 1 amide bonds. The fourth-order valence-corrected chi connectivity index (χ4v) is 4.10. The predicted molar refractivity (Wildman–Crippen MR) is 143 cm³/mol. The quantitative estimate of drug-likeness (QED) is 0.188. The third-order valence-electron chi connectivity index (χ3n) is 4.06. The van der Waals surface area contributed by atoms with Crippen LogP contribution in [0.1, 0.15) is 21.5 Å². The van der Waals surface area contributed by atoms with Crippen LogP contribution >= 0.6 is 67.8 Å². The average molecular weight is 738 g/mol. The number of methoxy groups -OCH3 is 1. The van der Waals surface area contributed by atoms with E-state index in [9.17, 15) is 4.79 Å². The van der Waals surface area contributed by atoms with E-state index in [0.717, 1.165) is 24.0 Å². The van der Waals surface area contributed by atoms with Crippen LogP contribution < -0.4 is 14.9 Å². The maximum atomic E-state index is 12.3. The highest BCUT2D eigenvalue weighted by Gasteiger charge is 2.08. The number of halogens is 3. The lowest BCUT2D eigenvalue weighted by molar-refractivity contribution is 0.0954. The zero-order valence-electron chi connectivity index (χ0n) is 15.9. The molecular formula is C22H17I3N2O3. The molecule has 0 bridgehead atoms. The lowest BCUT2D eigenvalue weighted by Crippen LogP contribution is -2.17. The Bertz CT molecular complexity index is 1070. The van der Waals surface area contributed by atoms with Crippen LogP contribution in [0.25, 0.3) is 0 Å². The molecule has 30 heavy (non-hydrogen) atoms. The van der Waals surface area contributed by atoms with Gasteiger partial charge in [0.1, 0.15) is 18.1 Å². The Kier molecular flexibility index (Phi) is 8.74. The first-order chi connectivity index (χ1) is 14.5. The average Bonchev–Trinajstić information content (AvgIpc) is 2.74. The molecular weight excluding hydrogens is 721 g/mol. The molecule has 8 heteroatoms. The summed E-state index contributed by atoms with van der Waals surface area (Å²) in [6, 6.07) is 19.2. The van der Waals surface area contributed by atoms with Gasteiger partial charge >= 0.3 is 0 Å². The number of hydrogen-bond acceptors (Lipinski definition) is 4. The van der Waals surface area contributed by atoms with Gasteiger partial charge in [-0.15, -0.1) is 0 Å².